The quantitative estimate of drug-likeness (QED) is 0.796. The summed E-state index contributed by atoms with van der Waals surface area (Å²) in [5.41, 5.74) is 2.80. The first-order chi connectivity index (χ1) is 15.7. The highest BCUT2D eigenvalue weighted by Crippen LogP contribution is 2.31. The molecule has 1 amide bonds. The van der Waals surface area contributed by atoms with Gasteiger partial charge in [-0.05, 0) is 44.1 Å². The Kier molecular flexibility index (Phi) is 6.39. The zero-order valence-corrected chi connectivity index (χ0v) is 18.9. The van der Waals surface area contributed by atoms with Crippen molar-refractivity contribution in [2.24, 2.45) is 0 Å². The van der Waals surface area contributed by atoms with Crippen molar-refractivity contribution in [3.05, 3.63) is 63.3 Å². The fourth-order valence-electron chi connectivity index (χ4n) is 5.78. The molecule has 2 fully saturated rings. The molecule has 6 heteroatoms. The second-order valence-corrected chi connectivity index (χ2v) is 9.65. The van der Waals surface area contributed by atoms with Crippen LogP contribution in [0.2, 0.25) is 0 Å². The van der Waals surface area contributed by atoms with Gasteiger partial charge in [0.15, 0.2) is 0 Å². The lowest BCUT2D eigenvalue weighted by molar-refractivity contribution is -0.134. The smallest absolute Gasteiger partial charge is 0.254 e. The second-order valence-electron chi connectivity index (χ2n) is 9.65. The van der Waals surface area contributed by atoms with Crippen molar-refractivity contribution in [3.63, 3.8) is 0 Å². The minimum Gasteiger partial charge on any atom is -0.332 e. The standard InChI is InChI=1S/C26H34N4O2/c31-24(17-19-9-3-1-4-10-19)30-15-8-7-13-23(30)25-27-22-18-29(20-11-5-2-6-12-20)16-14-21(22)26(32)28-25/h1,3-4,9-10,20,23H,2,5-8,11-18H2,(H,27,28,32). The third kappa shape index (κ3) is 4.51. The van der Waals surface area contributed by atoms with E-state index in [1.807, 2.05) is 35.2 Å². The number of benzene rings is 1. The van der Waals surface area contributed by atoms with E-state index in [0.717, 1.165) is 62.1 Å². The Morgan fingerprint density at radius 2 is 1.78 bits per heavy atom. The monoisotopic (exact) mass is 434 g/mol. The topological polar surface area (TPSA) is 69.3 Å². The van der Waals surface area contributed by atoms with Crippen molar-refractivity contribution in [1.29, 1.82) is 0 Å². The minimum absolute atomic E-state index is 0.00525. The van der Waals surface area contributed by atoms with Gasteiger partial charge in [-0.25, -0.2) is 4.98 Å². The number of fused-ring (bicyclic) bond motifs is 1. The number of carbonyl (C=O) groups excluding carboxylic acids is 1. The molecule has 0 spiro atoms. The molecule has 0 radical (unpaired) electrons. The van der Waals surface area contributed by atoms with Gasteiger partial charge in [0.05, 0.1) is 18.2 Å². The van der Waals surface area contributed by atoms with E-state index in [9.17, 15) is 9.59 Å². The molecule has 170 valence electrons. The van der Waals surface area contributed by atoms with E-state index in [1.54, 1.807) is 0 Å². The number of carbonyl (C=O) groups is 1. The van der Waals surface area contributed by atoms with E-state index in [1.165, 1.54) is 32.1 Å². The Bertz CT molecular complexity index is 997. The van der Waals surface area contributed by atoms with Crippen LogP contribution in [0.5, 0.6) is 0 Å². The molecular formula is C26H34N4O2. The molecule has 2 aliphatic heterocycles. The summed E-state index contributed by atoms with van der Waals surface area (Å²) in [4.78, 5) is 38.7. The molecule has 1 saturated carbocycles. The first-order valence-corrected chi connectivity index (χ1v) is 12.4. The summed E-state index contributed by atoms with van der Waals surface area (Å²) >= 11 is 0. The summed E-state index contributed by atoms with van der Waals surface area (Å²) in [6.45, 7) is 2.44. The van der Waals surface area contributed by atoms with Crippen LogP contribution in [0.3, 0.4) is 0 Å². The molecule has 1 N–H and O–H groups in total. The average molecular weight is 435 g/mol. The number of nitrogens with one attached hydrogen (secondary N) is 1. The number of aromatic nitrogens is 2. The maximum absolute atomic E-state index is 13.2. The summed E-state index contributed by atoms with van der Waals surface area (Å²) in [7, 11) is 0. The summed E-state index contributed by atoms with van der Waals surface area (Å²) in [5.74, 6) is 0.797. The molecule has 1 unspecified atom stereocenters. The number of hydrogen-bond acceptors (Lipinski definition) is 4. The highest BCUT2D eigenvalue weighted by atomic mass is 16.2. The number of H-pyrrole nitrogens is 1. The molecule has 1 aromatic heterocycles. The molecule has 3 aliphatic rings. The van der Waals surface area contributed by atoms with Gasteiger partial charge in [0, 0.05) is 31.2 Å². The zero-order chi connectivity index (χ0) is 21.9. The second kappa shape index (κ2) is 9.57. The fourth-order valence-corrected chi connectivity index (χ4v) is 5.78. The van der Waals surface area contributed by atoms with Crippen molar-refractivity contribution in [1.82, 2.24) is 19.8 Å². The van der Waals surface area contributed by atoms with Gasteiger partial charge < -0.3 is 9.88 Å². The van der Waals surface area contributed by atoms with Crippen LogP contribution in [0.15, 0.2) is 35.1 Å². The Morgan fingerprint density at radius 1 is 1.00 bits per heavy atom. The van der Waals surface area contributed by atoms with Crippen LogP contribution in [0.1, 0.15) is 80.1 Å². The van der Waals surface area contributed by atoms with Gasteiger partial charge in [-0.3, -0.25) is 14.5 Å². The third-order valence-corrected chi connectivity index (χ3v) is 7.55. The van der Waals surface area contributed by atoms with Gasteiger partial charge in [0.1, 0.15) is 5.82 Å². The van der Waals surface area contributed by atoms with Crippen molar-refractivity contribution in [2.75, 3.05) is 13.1 Å². The third-order valence-electron chi connectivity index (χ3n) is 7.55. The Balaban J connectivity index is 1.37. The molecule has 32 heavy (non-hydrogen) atoms. The molecule has 1 aromatic carbocycles. The van der Waals surface area contributed by atoms with Gasteiger partial charge in [-0.15, -0.1) is 0 Å². The van der Waals surface area contributed by atoms with Crippen molar-refractivity contribution < 1.29 is 4.79 Å². The summed E-state index contributed by atoms with van der Waals surface area (Å²) < 4.78 is 0. The van der Waals surface area contributed by atoms with Gasteiger partial charge in [-0.2, -0.15) is 0 Å². The highest BCUT2D eigenvalue weighted by Gasteiger charge is 2.32. The van der Waals surface area contributed by atoms with Crippen LogP contribution >= 0.6 is 0 Å². The Hall–Kier alpha value is -2.47. The average Bonchev–Trinajstić information content (AvgIpc) is 2.85. The summed E-state index contributed by atoms with van der Waals surface area (Å²) in [5, 5.41) is 0. The summed E-state index contributed by atoms with van der Waals surface area (Å²) in [6, 6.07) is 10.4. The zero-order valence-electron chi connectivity index (χ0n) is 18.9. The Labute approximate surface area is 190 Å². The molecule has 0 bridgehead atoms. The first-order valence-electron chi connectivity index (χ1n) is 12.4. The predicted octanol–water partition coefficient (Wildman–Crippen LogP) is 3.76. The SMILES string of the molecule is O=C(Cc1ccccc1)N1CCCCC1c1nc2c(c(=O)[nH]1)CCN(C1CCCCC1)C2. The van der Waals surface area contributed by atoms with E-state index in [0.29, 0.717) is 18.3 Å². The number of aromatic amines is 1. The Morgan fingerprint density at radius 3 is 2.59 bits per heavy atom. The molecule has 2 aromatic rings. The largest absolute Gasteiger partial charge is 0.332 e. The maximum Gasteiger partial charge on any atom is 0.254 e. The molecule has 1 atom stereocenters. The number of likely N-dealkylation sites (tertiary alicyclic amines) is 1. The molecule has 5 rings (SSSR count). The lowest BCUT2D eigenvalue weighted by Crippen LogP contribution is -2.44. The van der Waals surface area contributed by atoms with Gasteiger partial charge >= 0.3 is 0 Å². The number of nitrogens with zero attached hydrogens (tertiary/aromatic N) is 3. The van der Waals surface area contributed by atoms with E-state index in [2.05, 4.69) is 9.88 Å². The van der Waals surface area contributed by atoms with Gasteiger partial charge in [0.25, 0.3) is 5.56 Å². The number of amides is 1. The van der Waals surface area contributed by atoms with Crippen LogP contribution < -0.4 is 5.56 Å². The molecule has 3 heterocycles. The summed E-state index contributed by atoms with van der Waals surface area (Å²) in [6.07, 6.45) is 10.6. The van der Waals surface area contributed by atoms with Crippen molar-refractivity contribution in [2.45, 2.75) is 82.8 Å². The van der Waals surface area contributed by atoms with E-state index >= 15 is 0 Å². The van der Waals surface area contributed by atoms with Crippen molar-refractivity contribution in [3.8, 4) is 0 Å². The van der Waals surface area contributed by atoms with Crippen LogP contribution in [-0.4, -0.2) is 44.8 Å². The molecule has 1 saturated heterocycles. The normalized spacial score (nSPS) is 22.5. The lowest BCUT2D eigenvalue weighted by Gasteiger charge is -2.38. The van der Waals surface area contributed by atoms with Crippen LogP contribution in [0.4, 0.5) is 0 Å². The molecule has 1 aliphatic carbocycles. The van der Waals surface area contributed by atoms with Crippen LogP contribution in [0.25, 0.3) is 0 Å². The van der Waals surface area contributed by atoms with E-state index in [4.69, 9.17) is 4.98 Å². The molecule has 6 nitrogen and oxygen atoms in total. The number of piperidine rings is 1. The fraction of sp³-hybridized carbons (Fsp3) is 0.577. The maximum atomic E-state index is 13.2. The lowest BCUT2D eigenvalue weighted by atomic mass is 9.92. The number of hydrogen-bond donors (Lipinski definition) is 1. The number of rotatable bonds is 4. The van der Waals surface area contributed by atoms with Crippen LogP contribution in [-0.2, 0) is 24.2 Å². The van der Waals surface area contributed by atoms with Gasteiger partial charge in [0.2, 0.25) is 5.91 Å². The predicted molar refractivity (Wildman–Crippen MR) is 124 cm³/mol. The minimum atomic E-state index is -0.136. The van der Waals surface area contributed by atoms with E-state index in [-0.39, 0.29) is 17.5 Å². The van der Waals surface area contributed by atoms with Crippen LogP contribution in [0, 0.1) is 0 Å². The highest BCUT2D eigenvalue weighted by molar-refractivity contribution is 5.79. The molecular weight excluding hydrogens is 400 g/mol. The van der Waals surface area contributed by atoms with E-state index < -0.39 is 0 Å². The first kappa shape index (κ1) is 21.4. The van der Waals surface area contributed by atoms with Crippen molar-refractivity contribution >= 4 is 5.91 Å². The van der Waals surface area contributed by atoms with Gasteiger partial charge in [-0.1, -0.05) is 49.6 Å².